The highest BCUT2D eigenvalue weighted by Crippen LogP contribution is 2.20. The lowest BCUT2D eigenvalue weighted by Crippen LogP contribution is -2.46. The highest BCUT2D eigenvalue weighted by molar-refractivity contribution is 5.67. The summed E-state index contributed by atoms with van der Waals surface area (Å²) in [4.78, 5) is 11.0. The van der Waals surface area contributed by atoms with Gasteiger partial charge in [0.1, 0.15) is 18.1 Å². The molecule has 3 atom stereocenters. The summed E-state index contributed by atoms with van der Waals surface area (Å²) >= 11 is 0. The Labute approximate surface area is 102 Å². The van der Waals surface area contributed by atoms with Crippen LogP contribution < -0.4 is 11.2 Å². The standard InChI is InChI=1S/C10H14N6O2/c11-5-1-7(18-2-6(5)17)16-4-15-10-8(9(16)12)13-3-14-10/h3-7,12,17H,1-2,11H2,(H,13,14)/t5-,6-,7-/m1/s1. The third-order valence-corrected chi connectivity index (χ3v) is 3.16. The average molecular weight is 250 g/mol. The highest BCUT2D eigenvalue weighted by atomic mass is 16.5. The van der Waals surface area contributed by atoms with Gasteiger partial charge in [0.2, 0.25) is 0 Å². The van der Waals surface area contributed by atoms with Gasteiger partial charge in [-0.1, -0.05) is 0 Å². The van der Waals surface area contributed by atoms with E-state index in [9.17, 15) is 5.11 Å². The van der Waals surface area contributed by atoms with Gasteiger partial charge in [0.05, 0.1) is 19.0 Å². The number of nitrogens with two attached hydrogens (primary N) is 1. The van der Waals surface area contributed by atoms with Crippen molar-refractivity contribution in [2.24, 2.45) is 5.73 Å². The second-order valence-electron chi connectivity index (χ2n) is 4.36. The minimum absolute atomic E-state index is 0.166. The summed E-state index contributed by atoms with van der Waals surface area (Å²) in [5.74, 6) is 0. The van der Waals surface area contributed by atoms with Crippen molar-refractivity contribution >= 4 is 11.2 Å². The molecule has 1 saturated heterocycles. The number of aliphatic hydroxyl groups is 1. The van der Waals surface area contributed by atoms with Gasteiger partial charge in [0.15, 0.2) is 11.1 Å². The second kappa shape index (κ2) is 4.16. The number of rotatable bonds is 1. The van der Waals surface area contributed by atoms with Crippen molar-refractivity contribution in [3.8, 4) is 0 Å². The average Bonchev–Trinajstić information content (AvgIpc) is 2.83. The summed E-state index contributed by atoms with van der Waals surface area (Å²) in [5, 5.41) is 17.6. The molecule has 0 saturated carbocycles. The minimum Gasteiger partial charge on any atom is -0.389 e. The molecule has 3 heterocycles. The normalized spacial score (nSPS) is 28.7. The first-order chi connectivity index (χ1) is 8.66. The molecule has 0 aliphatic carbocycles. The van der Waals surface area contributed by atoms with Gasteiger partial charge in [-0.05, 0) is 0 Å². The van der Waals surface area contributed by atoms with Crippen molar-refractivity contribution in [3.05, 3.63) is 18.1 Å². The van der Waals surface area contributed by atoms with Gasteiger partial charge in [-0.3, -0.25) is 9.98 Å². The number of hydrogen-bond donors (Lipinski definition) is 4. The van der Waals surface area contributed by atoms with E-state index in [2.05, 4.69) is 15.0 Å². The molecule has 0 bridgehead atoms. The number of H-pyrrole nitrogens is 1. The topological polar surface area (TPSA) is 126 Å². The van der Waals surface area contributed by atoms with Gasteiger partial charge >= 0.3 is 0 Å². The van der Waals surface area contributed by atoms with Crippen molar-refractivity contribution in [2.45, 2.75) is 24.8 Å². The summed E-state index contributed by atoms with van der Waals surface area (Å²) in [6.45, 7) is 0.166. The molecule has 2 aromatic heterocycles. The number of aliphatic hydroxyl groups excluding tert-OH is 1. The predicted molar refractivity (Wildman–Crippen MR) is 61.3 cm³/mol. The van der Waals surface area contributed by atoms with E-state index in [0.29, 0.717) is 17.6 Å². The van der Waals surface area contributed by atoms with E-state index >= 15 is 0 Å². The fourth-order valence-electron chi connectivity index (χ4n) is 2.07. The van der Waals surface area contributed by atoms with Crippen LogP contribution in [0.2, 0.25) is 0 Å². The largest absolute Gasteiger partial charge is 0.389 e. The number of aromatic amines is 1. The Morgan fingerprint density at radius 2 is 2.39 bits per heavy atom. The lowest BCUT2D eigenvalue weighted by Gasteiger charge is -2.32. The van der Waals surface area contributed by atoms with Crippen molar-refractivity contribution in [1.82, 2.24) is 19.5 Å². The highest BCUT2D eigenvalue weighted by Gasteiger charge is 2.28. The van der Waals surface area contributed by atoms with Crippen LogP contribution >= 0.6 is 0 Å². The molecule has 1 aliphatic heterocycles. The maximum absolute atomic E-state index is 9.51. The molecule has 0 spiro atoms. The van der Waals surface area contributed by atoms with Crippen molar-refractivity contribution < 1.29 is 9.84 Å². The number of hydrogen-bond acceptors (Lipinski definition) is 6. The number of aromatic nitrogens is 4. The summed E-state index contributed by atoms with van der Waals surface area (Å²) in [6, 6.07) is -0.354. The molecule has 96 valence electrons. The monoisotopic (exact) mass is 250 g/mol. The molecular weight excluding hydrogens is 236 g/mol. The summed E-state index contributed by atoms with van der Waals surface area (Å²) < 4.78 is 7.08. The zero-order chi connectivity index (χ0) is 12.7. The second-order valence-corrected chi connectivity index (χ2v) is 4.36. The van der Waals surface area contributed by atoms with E-state index in [1.807, 2.05) is 0 Å². The first-order valence-electron chi connectivity index (χ1n) is 5.67. The Bertz CT molecular complexity index is 620. The Hall–Kier alpha value is -1.77. The van der Waals surface area contributed by atoms with E-state index in [4.69, 9.17) is 15.9 Å². The minimum atomic E-state index is -0.653. The van der Waals surface area contributed by atoms with E-state index in [-0.39, 0.29) is 24.4 Å². The van der Waals surface area contributed by atoms with Gasteiger partial charge in [-0.15, -0.1) is 0 Å². The number of imidazole rings is 1. The van der Waals surface area contributed by atoms with Crippen LogP contribution in [-0.4, -0.2) is 43.4 Å². The number of fused-ring (bicyclic) bond motifs is 1. The van der Waals surface area contributed by atoms with Crippen LogP contribution in [0.4, 0.5) is 0 Å². The molecule has 0 amide bonds. The first kappa shape index (κ1) is 11.3. The Morgan fingerprint density at radius 1 is 1.56 bits per heavy atom. The summed E-state index contributed by atoms with van der Waals surface area (Å²) in [6.07, 6.45) is 2.42. The lowest BCUT2D eigenvalue weighted by atomic mass is 10.1. The van der Waals surface area contributed by atoms with Crippen molar-refractivity contribution in [3.63, 3.8) is 0 Å². The molecule has 2 aromatic rings. The molecule has 1 aliphatic rings. The summed E-state index contributed by atoms with van der Waals surface area (Å²) in [5.41, 5.74) is 7.10. The van der Waals surface area contributed by atoms with Crippen LogP contribution in [-0.2, 0) is 4.74 Å². The maximum Gasteiger partial charge on any atom is 0.182 e. The van der Waals surface area contributed by atoms with Gasteiger partial charge in [0.25, 0.3) is 0 Å². The molecule has 18 heavy (non-hydrogen) atoms. The molecule has 5 N–H and O–H groups in total. The van der Waals surface area contributed by atoms with E-state index in [0.717, 1.165) is 0 Å². The molecule has 0 unspecified atom stereocenters. The van der Waals surface area contributed by atoms with Crippen molar-refractivity contribution in [1.29, 1.82) is 5.41 Å². The summed E-state index contributed by atoms with van der Waals surface area (Å²) in [7, 11) is 0. The zero-order valence-electron chi connectivity index (χ0n) is 9.58. The fourth-order valence-corrected chi connectivity index (χ4v) is 2.07. The Morgan fingerprint density at radius 3 is 3.17 bits per heavy atom. The van der Waals surface area contributed by atoms with Gasteiger partial charge in [-0.2, -0.15) is 0 Å². The maximum atomic E-state index is 9.51. The third kappa shape index (κ3) is 1.70. The van der Waals surface area contributed by atoms with Crippen LogP contribution in [0.25, 0.3) is 11.2 Å². The van der Waals surface area contributed by atoms with Crippen LogP contribution in [0.5, 0.6) is 0 Å². The van der Waals surface area contributed by atoms with Gasteiger partial charge < -0.3 is 20.6 Å². The molecule has 8 nitrogen and oxygen atoms in total. The van der Waals surface area contributed by atoms with E-state index in [1.54, 1.807) is 4.57 Å². The lowest BCUT2D eigenvalue weighted by molar-refractivity contribution is -0.0999. The van der Waals surface area contributed by atoms with Crippen LogP contribution in [0.15, 0.2) is 12.7 Å². The molecular formula is C10H14N6O2. The molecule has 1 fully saturated rings. The fraction of sp³-hybridized carbons (Fsp3) is 0.500. The first-order valence-corrected chi connectivity index (χ1v) is 5.67. The van der Waals surface area contributed by atoms with Crippen LogP contribution in [0.3, 0.4) is 0 Å². The Balaban J connectivity index is 1.99. The van der Waals surface area contributed by atoms with E-state index < -0.39 is 6.10 Å². The zero-order valence-corrected chi connectivity index (χ0v) is 9.58. The molecule has 0 aromatic carbocycles. The third-order valence-electron chi connectivity index (χ3n) is 3.16. The van der Waals surface area contributed by atoms with Crippen LogP contribution in [0, 0.1) is 5.41 Å². The SMILES string of the molecule is N=c1c2[nH]cnc2ncn1[C@H]1C[C@@H](N)[C@H](O)CO1. The Kier molecular flexibility index (Phi) is 2.62. The quantitative estimate of drug-likeness (QED) is 0.508. The molecule has 8 heteroatoms. The predicted octanol–water partition coefficient (Wildman–Crippen LogP) is -1.15. The molecule has 3 rings (SSSR count). The van der Waals surface area contributed by atoms with Gasteiger partial charge in [0, 0.05) is 12.5 Å². The van der Waals surface area contributed by atoms with Gasteiger partial charge in [-0.25, -0.2) is 9.97 Å². The van der Waals surface area contributed by atoms with Crippen LogP contribution in [0.1, 0.15) is 12.6 Å². The van der Waals surface area contributed by atoms with E-state index in [1.165, 1.54) is 12.7 Å². The van der Waals surface area contributed by atoms with Crippen molar-refractivity contribution in [2.75, 3.05) is 6.61 Å². The smallest absolute Gasteiger partial charge is 0.182 e. The molecule has 0 radical (unpaired) electrons. The number of ether oxygens (including phenoxy) is 1. The number of nitrogens with one attached hydrogen (secondary N) is 2. The number of nitrogens with zero attached hydrogens (tertiary/aromatic N) is 3.